The van der Waals surface area contributed by atoms with E-state index in [-0.39, 0.29) is 0 Å². The molecule has 0 radical (unpaired) electrons. The molecule has 2 aliphatic carbocycles. The molecule has 0 aromatic rings. The second kappa shape index (κ2) is 4.40. The van der Waals surface area contributed by atoms with Gasteiger partial charge in [0.2, 0.25) is 0 Å². The molecule has 0 amide bonds. The molecule has 3 aliphatic rings. The van der Waals surface area contributed by atoms with Gasteiger partial charge < -0.3 is 10.1 Å². The van der Waals surface area contributed by atoms with Crippen LogP contribution in [0.25, 0.3) is 0 Å². The Hall–Kier alpha value is -0.500. The summed E-state index contributed by atoms with van der Waals surface area (Å²) in [5, 5.41) is 3.70. The Morgan fingerprint density at radius 3 is 2.81 bits per heavy atom. The van der Waals surface area contributed by atoms with Crippen molar-refractivity contribution in [3.8, 4) is 0 Å². The molecule has 0 aromatic carbocycles. The highest BCUT2D eigenvalue weighted by Crippen LogP contribution is 2.55. The van der Waals surface area contributed by atoms with Crippen LogP contribution in [0, 0.1) is 17.8 Å². The second-order valence-electron chi connectivity index (χ2n) is 5.66. The largest absolute Gasteiger partial charge is 0.496 e. The summed E-state index contributed by atoms with van der Waals surface area (Å²) in [4.78, 5) is 0. The fraction of sp³-hybridized carbons (Fsp3) is 0.857. The van der Waals surface area contributed by atoms with Crippen LogP contribution < -0.4 is 5.32 Å². The third kappa shape index (κ3) is 2.00. The van der Waals surface area contributed by atoms with E-state index in [1.807, 2.05) is 0 Å². The van der Waals surface area contributed by atoms with Crippen molar-refractivity contribution < 1.29 is 4.74 Å². The predicted octanol–water partition coefficient (Wildman–Crippen LogP) is 2.70. The molecular weight excluding hydrogens is 198 g/mol. The third-order valence-corrected chi connectivity index (χ3v) is 4.40. The molecule has 1 aliphatic heterocycles. The van der Waals surface area contributed by atoms with Crippen molar-refractivity contribution in [2.75, 3.05) is 13.2 Å². The molecular formula is C14H23NO. The fourth-order valence-electron chi connectivity index (χ4n) is 3.49. The molecule has 3 rings (SSSR count). The standard InChI is InChI=1S/C14H23NO/c1-2-5-15-14(13-4-3-6-16-13)12-8-10-7-11(10)9-12/h4,10-12,14-15H,2-3,5-9H2,1H3. The molecule has 2 saturated carbocycles. The highest BCUT2D eigenvalue weighted by atomic mass is 16.5. The van der Waals surface area contributed by atoms with Crippen LogP contribution in [0.4, 0.5) is 0 Å². The minimum atomic E-state index is 0.523. The van der Waals surface area contributed by atoms with Crippen molar-refractivity contribution in [2.24, 2.45) is 17.8 Å². The molecule has 90 valence electrons. The monoisotopic (exact) mass is 221 g/mol. The van der Waals surface area contributed by atoms with E-state index in [2.05, 4.69) is 18.3 Å². The minimum absolute atomic E-state index is 0.523. The van der Waals surface area contributed by atoms with Crippen LogP contribution in [0.2, 0.25) is 0 Å². The summed E-state index contributed by atoms with van der Waals surface area (Å²) < 4.78 is 5.77. The summed E-state index contributed by atoms with van der Waals surface area (Å²) in [6, 6.07) is 0.523. The van der Waals surface area contributed by atoms with Gasteiger partial charge in [0.25, 0.3) is 0 Å². The zero-order valence-corrected chi connectivity index (χ0v) is 10.2. The highest BCUT2D eigenvalue weighted by Gasteiger charge is 2.48. The quantitative estimate of drug-likeness (QED) is 0.770. The van der Waals surface area contributed by atoms with E-state index in [9.17, 15) is 0 Å². The molecule has 16 heavy (non-hydrogen) atoms. The first-order valence-electron chi connectivity index (χ1n) is 6.94. The number of hydrogen-bond donors (Lipinski definition) is 1. The van der Waals surface area contributed by atoms with Gasteiger partial charge >= 0.3 is 0 Å². The summed E-state index contributed by atoms with van der Waals surface area (Å²) in [6.45, 7) is 4.26. The van der Waals surface area contributed by atoms with Crippen LogP contribution in [0.5, 0.6) is 0 Å². The minimum Gasteiger partial charge on any atom is -0.496 e. The van der Waals surface area contributed by atoms with E-state index in [0.717, 1.165) is 37.3 Å². The lowest BCUT2D eigenvalue weighted by Crippen LogP contribution is -2.38. The third-order valence-electron chi connectivity index (χ3n) is 4.40. The topological polar surface area (TPSA) is 21.3 Å². The molecule has 2 heteroatoms. The Balaban J connectivity index is 1.63. The van der Waals surface area contributed by atoms with Crippen LogP contribution in [0.3, 0.4) is 0 Å². The van der Waals surface area contributed by atoms with Crippen LogP contribution in [0.1, 0.15) is 39.0 Å². The van der Waals surface area contributed by atoms with Crippen LogP contribution in [-0.4, -0.2) is 19.2 Å². The van der Waals surface area contributed by atoms with E-state index in [4.69, 9.17) is 4.74 Å². The fourth-order valence-corrected chi connectivity index (χ4v) is 3.49. The first-order chi connectivity index (χ1) is 7.88. The van der Waals surface area contributed by atoms with Crippen LogP contribution >= 0.6 is 0 Å². The Labute approximate surface area is 98.4 Å². The Bertz CT molecular complexity index is 276. The summed E-state index contributed by atoms with van der Waals surface area (Å²) in [5.74, 6) is 4.23. The van der Waals surface area contributed by atoms with E-state index in [1.165, 1.54) is 31.4 Å². The Morgan fingerprint density at radius 2 is 2.19 bits per heavy atom. The Morgan fingerprint density at radius 1 is 1.38 bits per heavy atom. The van der Waals surface area contributed by atoms with Crippen molar-refractivity contribution in [2.45, 2.75) is 45.1 Å². The van der Waals surface area contributed by atoms with Gasteiger partial charge in [0.05, 0.1) is 12.6 Å². The van der Waals surface area contributed by atoms with Crippen molar-refractivity contribution in [1.82, 2.24) is 5.32 Å². The smallest absolute Gasteiger partial charge is 0.109 e. The average molecular weight is 221 g/mol. The normalized spacial score (nSPS) is 37.8. The lowest BCUT2D eigenvalue weighted by Gasteiger charge is -2.26. The molecule has 3 atom stereocenters. The number of hydrogen-bond acceptors (Lipinski definition) is 2. The molecule has 0 spiro atoms. The lowest BCUT2D eigenvalue weighted by atomic mass is 9.92. The first kappa shape index (κ1) is 10.6. The van der Waals surface area contributed by atoms with Gasteiger partial charge in [-0.2, -0.15) is 0 Å². The molecule has 3 unspecified atom stereocenters. The maximum Gasteiger partial charge on any atom is 0.109 e. The van der Waals surface area contributed by atoms with Crippen molar-refractivity contribution in [3.63, 3.8) is 0 Å². The maximum absolute atomic E-state index is 5.77. The molecule has 1 N–H and O–H groups in total. The van der Waals surface area contributed by atoms with E-state index >= 15 is 0 Å². The highest BCUT2D eigenvalue weighted by molar-refractivity contribution is 5.12. The average Bonchev–Trinajstić information content (AvgIpc) is 2.73. The maximum atomic E-state index is 5.77. The van der Waals surface area contributed by atoms with Crippen molar-refractivity contribution in [1.29, 1.82) is 0 Å². The van der Waals surface area contributed by atoms with Crippen molar-refractivity contribution in [3.05, 3.63) is 11.8 Å². The molecule has 0 bridgehead atoms. The number of ether oxygens (including phenoxy) is 1. The lowest BCUT2D eigenvalue weighted by molar-refractivity contribution is 0.189. The van der Waals surface area contributed by atoms with Gasteiger partial charge in [-0.25, -0.2) is 0 Å². The number of fused-ring (bicyclic) bond motifs is 1. The predicted molar refractivity (Wildman–Crippen MR) is 65.1 cm³/mol. The van der Waals surface area contributed by atoms with E-state index in [0.29, 0.717) is 6.04 Å². The summed E-state index contributed by atoms with van der Waals surface area (Å²) in [5.41, 5.74) is 0. The number of nitrogens with one attached hydrogen (secondary N) is 1. The summed E-state index contributed by atoms with van der Waals surface area (Å²) in [6.07, 6.45) is 9.01. The molecule has 0 saturated heterocycles. The second-order valence-corrected chi connectivity index (χ2v) is 5.66. The van der Waals surface area contributed by atoms with E-state index < -0.39 is 0 Å². The molecule has 0 aromatic heterocycles. The van der Waals surface area contributed by atoms with Crippen LogP contribution in [-0.2, 0) is 4.74 Å². The summed E-state index contributed by atoms with van der Waals surface area (Å²) >= 11 is 0. The molecule has 2 nitrogen and oxygen atoms in total. The summed E-state index contributed by atoms with van der Waals surface area (Å²) in [7, 11) is 0. The van der Waals surface area contributed by atoms with Crippen LogP contribution in [0.15, 0.2) is 11.8 Å². The first-order valence-corrected chi connectivity index (χ1v) is 6.94. The van der Waals surface area contributed by atoms with Crippen molar-refractivity contribution >= 4 is 0 Å². The SMILES string of the molecule is CCCNC(C1=CCCO1)C1CC2CC2C1. The number of rotatable bonds is 5. The molecule has 1 heterocycles. The zero-order valence-electron chi connectivity index (χ0n) is 10.2. The van der Waals surface area contributed by atoms with Gasteiger partial charge in [-0.15, -0.1) is 0 Å². The van der Waals surface area contributed by atoms with Gasteiger partial charge in [0.1, 0.15) is 5.76 Å². The zero-order chi connectivity index (χ0) is 11.0. The van der Waals surface area contributed by atoms with Gasteiger partial charge in [0, 0.05) is 6.42 Å². The Kier molecular flexibility index (Phi) is 2.93. The molecule has 2 fully saturated rings. The van der Waals surface area contributed by atoms with Gasteiger partial charge in [-0.05, 0) is 56.1 Å². The van der Waals surface area contributed by atoms with Gasteiger partial charge in [-0.1, -0.05) is 6.92 Å². The van der Waals surface area contributed by atoms with Gasteiger partial charge in [-0.3, -0.25) is 0 Å². The van der Waals surface area contributed by atoms with Gasteiger partial charge in [0.15, 0.2) is 0 Å². The van der Waals surface area contributed by atoms with E-state index in [1.54, 1.807) is 0 Å².